The van der Waals surface area contributed by atoms with Crippen LogP contribution in [0.15, 0.2) is 24.3 Å². The summed E-state index contributed by atoms with van der Waals surface area (Å²) in [6, 6.07) is -0.618. The maximum Gasteiger partial charge on any atom is 0.362 e. The molecular formula is C33H60NO7+. The van der Waals surface area contributed by atoms with Gasteiger partial charge in [-0.1, -0.05) is 76.7 Å². The van der Waals surface area contributed by atoms with Crippen LogP contribution in [0, 0.1) is 0 Å². The van der Waals surface area contributed by atoms with Gasteiger partial charge in [-0.3, -0.25) is 9.59 Å². The Morgan fingerprint density at radius 1 is 0.707 bits per heavy atom. The van der Waals surface area contributed by atoms with Crippen LogP contribution in [-0.2, 0) is 28.6 Å². The summed E-state index contributed by atoms with van der Waals surface area (Å²) in [5.74, 6) is -1.59. The average molecular weight is 583 g/mol. The number of quaternary nitrogens is 1. The third-order valence-corrected chi connectivity index (χ3v) is 6.84. The number of esters is 2. The van der Waals surface area contributed by atoms with Crippen molar-refractivity contribution >= 4 is 17.9 Å². The monoisotopic (exact) mass is 582 g/mol. The van der Waals surface area contributed by atoms with Gasteiger partial charge in [0.15, 0.2) is 12.1 Å². The van der Waals surface area contributed by atoms with Gasteiger partial charge in [-0.15, -0.1) is 0 Å². The van der Waals surface area contributed by atoms with E-state index in [1.165, 1.54) is 44.9 Å². The molecule has 2 atom stereocenters. The molecule has 2 unspecified atom stereocenters. The van der Waals surface area contributed by atoms with Crippen LogP contribution in [0.25, 0.3) is 0 Å². The van der Waals surface area contributed by atoms with E-state index < -0.39 is 18.1 Å². The molecule has 0 saturated heterocycles. The summed E-state index contributed by atoms with van der Waals surface area (Å²) < 4.78 is 16.9. The SMILES string of the molecule is CCCCCC/C=C/CCCC(=O)OCC(COCCC(C(=O)O)[N+](C)(C)C)OC(=O)CC/C=C/CCCCCC. The second-order valence-electron chi connectivity index (χ2n) is 11.7. The number of carboxylic acid groups (broad SMARTS) is 1. The van der Waals surface area contributed by atoms with Crippen LogP contribution < -0.4 is 0 Å². The van der Waals surface area contributed by atoms with E-state index in [4.69, 9.17) is 14.2 Å². The van der Waals surface area contributed by atoms with Gasteiger partial charge in [-0.05, 0) is 44.9 Å². The zero-order chi connectivity index (χ0) is 30.8. The Morgan fingerprint density at radius 3 is 1.80 bits per heavy atom. The molecule has 0 amide bonds. The number of nitrogens with zero attached hydrogens (tertiary/aromatic N) is 1. The van der Waals surface area contributed by atoms with Crippen LogP contribution in [0.2, 0.25) is 0 Å². The van der Waals surface area contributed by atoms with E-state index in [2.05, 4.69) is 32.1 Å². The molecule has 1 N–H and O–H groups in total. The molecule has 0 fully saturated rings. The Kier molecular flexibility index (Phi) is 24.2. The van der Waals surface area contributed by atoms with Gasteiger partial charge >= 0.3 is 17.9 Å². The lowest BCUT2D eigenvalue weighted by Crippen LogP contribution is -2.50. The van der Waals surface area contributed by atoms with E-state index in [9.17, 15) is 19.5 Å². The predicted molar refractivity (Wildman–Crippen MR) is 165 cm³/mol. The molecule has 0 bridgehead atoms. The molecule has 0 aromatic rings. The molecule has 0 aromatic carbocycles. The first kappa shape index (κ1) is 38.8. The summed E-state index contributed by atoms with van der Waals surface area (Å²) >= 11 is 0. The van der Waals surface area contributed by atoms with Crippen LogP contribution >= 0.6 is 0 Å². The maximum atomic E-state index is 12.4. The van der Waals surface area contributed by atoms with Crippen molar-refractivity contribution < 1.29 is 38.2 Å². The minimum Gasteiger partial charge on any atom is -0.477 e. The largest absolute Gasteiger partial charge is 0.477 e. The quantitative estimate of drug-likeness (QED) is 0.0481. The lowest BCUT2D eigenvalue weighted by atomic mass is 10.1. The second kappa shape index (κ2) is 25.5. The van der Waals surface area contributed by atoms with Gasteiger partial charge in [0.25, 0.3) is 0 Å². The fraction of sp³-hybridized carbons (Fsp3) is 0.788. The normalized spacial score (nSPS) is 13.5. The van der Waals surface area contributed by atoms with E-state index in [0.717, 1.165) is 25.7 Å². The number of carboxylic acids is 1. The zero-order valence-corrected chi connectivity index (χ0v) is 26.7. The highest BCUT2D eigenvalue weighted by Crippen LogP contribution is 2.10. The summed E-state index contributed by atoms with van der Waals surface area (Å²) in [5, 5.41) is 9.51. The second-order valence-corrected chi connectivity index (χ2v) is 11.7. The van der Waals surface area contributed by atoms with Crippen molar-refractivity contribution in [3.8, 4) is 0 Å². The molecule has 0 aliphatic rings. The molecule has 0 rings (SSSR count). The van der Waals surface area contributed by atoms with Gasteiger partial charge in [-0.2, -0.15) is 0 Å². The smallest absolute Gasteiger partial charge is 0.362 e. The van der Waals surface area contributed by atoms with Crippen molar-refractivity contribution in [1.29, 1.82) is 0 Å². The van der Waals surface area contributed by atoms with Crippen LogP contribution in [-0.4, -0.2) is 80.6 Å². The van der Waals surface area contributed by atoms with E-state index in [1.807, 2.05) is 27.2 Å². The molecule has 0 aliphatic carbocycles. The molecule has 0 aromatic heterocycles. The first-order chi connectivity index (χ1) is 19.6. The Labute approximate surface area is 250 Å². The molecular weight excluding hydrogens is 522 g/mol. The lowest BCUT2D eigenvalue weighted by Gasteiger charge is -2.31. The molecule has 8 heteroatoms. The number of rotatable bonds is 27. The van der Waals surface area contributed by atoms with Crippen molar-refractivity contribution in [3.63, 3.8) is 0 Å². The molecule has 238 valence electrons. The molecule has 0 spiro atoms. The first-order valence-electron chi connectivity index (χ1n) is 15.9. The Balaban J connectivity index is 4.61. The van der Waals surface area contributed by atoms with Crippen molar-refractivity contribution in [2.75, 3.05) is 41.0 Å². The fourth-order valence-electron chi connectivity index (χ4n) is 4.29. The fourth-order valence-corrected chi connectivity index (χ4v) is 4.29. The van der Waals surface area contributed by atoms with Gasteiger partial charge in [0.2, 0.25) is 0 Å². The number of carbonyl (C=O) groups excluding carboxylic acids is 2. The average Bonchev–Trinajstić information content (AvgIpc) is 2.91. The Morgan fingerprint density at radius 2 is 1.27 bits per heavy atom. The number of unbranched alkanes of at least 4 members (excludes halogenated alkanes) is 9. The summed E-state index contributed by atoms with van der Waals surface area (Å²) in [6.07, 6.45) is 22.6. The number of hydrogen-bond acceptors (Lipinski definition) is 6. The first-order valence-corrected chi connectivity index (χ1v) is 15.9. The summed E-state index contributed by atoms with van der Waals surface area (Å²) in [5.41, 5.74) is 0. The van der Waals surface area contributed by atoms with Crippen molar-refractivity contribution in [1.82, 2.24) is 0 Å². The third-order valence-electron chi connectivity index (χ3n) is 6.84. The highest BCUT2D eigenvalue weighted by molar-refractivity contribution is 5.72. The number of ether oxygens (including phenoxy) is 3. The van der Waals surface area contributed by atoms with Crippen molar-refractivity contribution in [2.45, 2.75) is 129 Å². The Hall–Kier alpha value is -2.19. The van der Waals surface area contributed by atoms with Crippen LogP contribution in [0.5, 0.6) is 0 Å². The number of allylic oxidation sites excluding steroid dienone is 4. The van der Waals surface area contributed by atoms with E-state index in [-0.39, 0.29) is 42.7 Å². The molecule has 0 saturated carbocycles. The van der Waals surface area contributed by atoms with Gasteiger partial charge in [-0.25, -0.2) is 4.79 Å². The number of carbonyl (C=O) groups is 3. The predicted octanol–water partition coefficient (Wildman–Crippen LogP) is 7.01. The van der Waals surface area contributed by atoms with Crippen LogP contribution in [0.1, 0.15) is 117 Å². The third kappa shape index (κ3) is 24.1. The van der Waals surface area contributed by atoms with Crippen molar-refractivity contribution in [3.05, 3.63) is 24.3 Å². The number of aliphatic carboxylic acids is 1. The summed E-state index contributed by atoms with van der Waals surface area (Å²) in [7, 11) is 5.48. The van der Waals surface area contributed by atoms with Crippen molar-refractivity contribution in [2.24, 2.45) is 0 Å². The standard InChI is InChI=1S/C33H59NO7/c1-6-8-10-12-14-16-18-19-21-23-31(35)40-28-29(27-39-26-25-30(33(37)38)34(3,4)5)41-32(36)24-22-20-17-15-13-11-9-7-2/h16-18,20,29-30H,6-15,19,21-28H2,1-5H3/p+1/b18-16+,20-17+. The summed E-state index contributed by atoms with van der Waals surface area (Å²) in [4.78, 5) is 36.3. The molecule has 8 nitrogen and oxygen atoms in total. The van der Waals surface area contributed by atoms with Gasteiger partial charge in [0.1, 0.15) is 6.61 Å². The lowest BCUT2D eigenvalue weighted by molar-refractivity contribution is -0.887. The maximum absolute atomic E-state index is 12.4. The summed E-state index contributed by atoms with van der Waals surface area (Å²) in [6.45, 7) is 4.54. The topological polar surface area (TPSA) is 99.1 Å². The number of likely N-dealkylation sites (N-methyl/N-ethyl adjacent to an activating group) is 1. The van der Waals surface area contributed by atoms with Gasteiger partial charge < -0.3 is 23.8 Å². The highest BCUT2D eigenvalue weighted by atomic mass is 16.6. The van der Waals surface area contributed by atoms with E-state index in [1.54, 1.807) is 0 Å². The molecule has 41 heavy (non-hydrogen) atoms. The minimum atomic E-state index is -0.886. The van der Waals surface area contributed by atoms with Gasteiger partial charge in [0.05, 0.1) is 34.4 Å². The molecule has 0 heterocycles. The number of hydrogen-bond donors (Lipinski definition) is 1. The van der Waals surface area contributed by atoms with E-state index >= 15 is 0 Å². The van der Waals surface area contributed by atoms with Gasteiger partial charge in [0, 0.05) is 19.3 Å². The Bertz CT molecular complexity index is 742. The highest BCUT2D eigenvalue weighted by Gasteiger charge is 2.31. The molecule has 0 radical (unpaired) electrons. The minimum absolute atomic E-state index is 0.0382. The zero-order valence-electron chi connectivity index (χ0n) is 26.7. The van der Waals surface area contributed by atoms with E-state index in [0.29, 0.717) is 25.7 Å². The molecule has 0 aliphatic heterocycles. The van der Waals surface area contributed by atoms with Crippen LogP contribution in [0.4, 0.5) is 0 Å². The van der Waals surface area contributed by atoms with Crippen LogP contribution in [0.3, 0.4) is 0 Å².